The maximum absolute atomic E-state index is 8.89. The van der Waals surface area contributed by atoms with E-state index in [1.165, 1.54) is 12.8 Å². The minimum absolute atomic E-state index is 0.126. The summed E-state index contributed by atoms with van der Waals surface area (Å²) in [6.07, 6.45) is 2.36. The van der Waals surface area contributed by atoms with Gasteiger partial charge in [-0.05, 0) is 25.9 Å². The molecular weight excluding hydrogens is 244 g/mol. The molecule has 0 aromatic rings. The third kappa shape index (κ3) is 11.3. The lowest BCUT2D eigenvalue weighted by atomic mass is 10.3. The molecule has 0 amide bonds. The van der Waals surface area contributed by atoms with Crippen LogP contribution in [0.15, 0.2) is 0 Å². The molecule has 0 aromatic heterocycles. The second kappa shape index (κ2) is 14.2. The summed E-state index contributed by atoms with van der Waals surface area (Å²) in [5, 5.41) is 17.8. The quantitative estimate of drug-likeness (QED) is 0.450. The molecule has 0 aliphatic heterocycles. The monoisotopic (exact) mass is 276 g/mol. The average Bonchev–Trinajstić information content (AvgIpc) is 2.39. The van der Waals surface area contributed by atoms with Gasteiger partial charge in [-0.1, -0.05) is 13.8 Å². The number of hydrogen-bond donors (Lipinski definition) is 2. The van der Waals surface area contributed by atoms with Crippen LogP contribution in [0.4, 0.5) is 0 Å². The van der Waals surface area contributed by atoms with Crippen molar-refractivity contribution in [2.24, 2.45) is 0 Å². The third-order valence-corrected chi connectivity index (χ3v) is 3.02. The van der Waals surface area contributed by atoms with E-state index in [1.54, 1.807) is 0 Å². The largest absolute Gasteiger partial charge is 0.395 e. The summed E-state index contributed by atoms with van der Waals surface area (Å²) in [4.78, 5) is 4.44. The summed E-state index contributed by atoms with van der Waals surface area (Å²) in [7, 11) is 0. The lowest BCUT2D eigenvalue weighted by Crippen LogP contribution is -2.34. The second-order valence-corrected chi connectivity index (χ2v) is 4.74. The molecule has 0 saturated carbocycles. The molecular formula is C14H32N2O3. The zero-order valence-corrected chi connectivity index (χ0v) is 12.7. The Morgan fingerprint density at radius 3 is 1.47 bits per heavy atom. The Morgan fingerprint density at radius 2 is 1.11 bits per heavy atom. The lowest BCUT2D eigenvalue weighted by Gasteiger charge is -2.22. The molecule has 5 nitrogen and oxygen atoms in total. The topological polar surface area (TPSA) is 56.2 Å². The normalized spacial score (nSPS) is 11.7. The van der Waals surface area contributed by atoms with Crippen LogP contribution in [0.2, 0.25) is 0 Å². The van der Waals surface area contributed by atoms with Crippen LogP contribution in [0.25, 0.3) is 0 Å². The molecule has 0 heterocycles. The van der Waals surface area contributed by atoms with Crippen LogP contribution < -0.4 is 0 Å². The van der Waals surface area contributed by atoms with Gasteiger partial charge < -0.3 is 19.8 Å². The predicted octanol–water partition coefficient (Wildman–Crippen LogP) is 0.412. The first kappa shape index (κ1) is 18.8. The number of hydrogen-bond acceptors (Lipinski definition) is 5. The molecule has 0 unspecified atom stereocenters. The molecule has 0 radical (unpaired) electrons. The molecule has 0 spiro atoms. The molecule has 0 fully saturated rings. The molecule has 0 aliphatic rings. The van der Waals surface area contributed by atoms with E-state index >= 15 is 0 Å². The molecule has 5 heteroatoms. The van der Waals surface area contributed by atoms with Crippen molar-refractivity contribution in [1.29, 1.82) is 0 Å². The molecule has 116 valence electrons. The zero-order valence-electron chi connectivity index (χ0n) is 12.7. The van der Waals surface area contributed by atoms with Crippen LogP contribution in [0.1, 0.15) is 26.7 Å². The fourth-order valence-electron chi connectivity index (χ4n) is 2.08. The van der Waals surface area contributed by atoms with Gasteiger partial charge in [-0.3, -0.25) is 4.90 Å². The van der Waals surface area contributed by atoms with E-state index < -0.39 is 0 Å². The zero-order chi connectivity index (χ0) is 14.3. The van der Waals surface area contributed by atoms with Crippen LogP contribution in [-0.4, -0.2) is 85.7 Å². The summed E-state index contributed by atoms with van der Waals surface area (Å²) in [5.74, 6) is 0. The Bertz CT molecular complexity index is 152. The molecule has 0 bridgehead atoms. The van der Waals surface area contributed by atoms with Gasteiger partial charge in [-0.15, -0.1) is 0 Å². The molecule has 0 rings (SSSR count). The highest BCUT2D eigenvalue weighted by atomic mass is 16.5. The summed E-state index contributed by atoms with van der Waals surface area (Å²) < 4.78 is 5.63. The third-order valence-electron chi connectivity index (χ3n) is 3.02. The van der Waals surface area contributed by atoms with Crippen molar-refractivity contribution >= 4 is 0 Å². The molecule has 0 atom stereocenters. The highest BCUT2D eigenvalue weighted by molar-refractivity contribution is 4.57. The van der Waals surface area contributed by atoms with Crippen molar-refractivity contribution in [2.75, 3.05) is 65.7 Å². The molecule has 2 N–H and O–H groups in total. The van der Waals surface area contributed by atoms with E-state index in [9.17, 15) is 0 Å². The van der Waals surface area contributed by atoms with Gasteiger partial charge in [0.1, 0.15) is 0 Å². The van der Waals surface area contributed by atoms with Gasteiger partial charge in [-0.25, -0.2) is 0 Å². The number of aliphatic hydroxyl groups is 2. The highest BCUT2D eigenvalue weighted by Crippen LogP contribution is 1.94. The van der Waals surface area contributed by atoms with Crippen molar-refractivity contribution in [1.82, 2.24) is 9.80 Å². The number of nitrogens with zero attached hydrogens (tertiary/aromatic N) is 2. The van der Waals surface area contributed by atoms with E-state index in [1.807, 2.05) is 4.90 Å². The van der Waals surface area contributed by atoms with Crippen LogP contribution in [0, 0.1) is 0 Å². The average molecular weight is 276 g/mol. The van der Waals surface area contributed by atoms with E-state index in [-0.39, 0.29) is 13.2 Å². The summed E-state index contributed by atoms with van der Waals surface area (Å²) in [6, 6.07) is 0. The molecule has 0 aromatic carbocycles. The van der Waals surface area contributed by atoms with Gasteiger partial charge in [0, 0.05) is 26.2 Å². The van der Waals surface area contributed by atoms with Gasteiger partial charge in [0.2, 0.25) is 0 Å². The summed E-state index contributed by atoms with van der Waals surface area (Å²) in [5.41, 5.74) is 0. The standard InChI is InChI=1S/C14H32N2O3/c1-3-5-15(6-4-2)9-13-19-14-10-16(7-11-17)8-12-18/h17-18H,3-14H2,1-2H3. The maximum atomic E-state index is 8.89. The molecule has 0 saturated heterocycles. The Kier molecular flexibility index (Phi) is 14.1. The van der Waals surface area contributed by atoms with Crippen molar-refractivity contribution in [2.45, 2.75) is 26.7 Å². The molecule has 19 heavy (non-hydrogen) atoms. The Morgan fingerprint density at radius 1 is 0.684 bits per heavy atom. The fraction of sp³-hybridized carbons (Fsp3) is 1.00. The SMILES string of the molecule is CCCN(CCC)CCOCCN(CCO)CCO. The minimum atomic E-state index is 0.126. The van der Waals surface area contributed by atoms with Gasteiger partial charge in [0.15, 0.2) is 0 Å². The Labute approximate surface area is 118 Å². The smallest absolute Gasteiger partial charge is 0.0594 e. The first-order valence-corrected chi connectivity index (χ1v) is 7.52. The Hall–Kier alpha value is -0.200. The van der Waals surface area contributed by atoms with Gasteiger partial charge >= 0.3 is 0 Å². The first-order valence-electron chi connectivity index (χ1n) is 7.52. The van der Waals surface area contributed by atoms with Crippen molar-refractivity contribution in [3.8, 4) is 0 Å². The van der Waals surface area contributed by atoms with Gasteiger partial charge in [0.05, 0.1) is 26.4 Å². The van der Waals surface area contributed by atoms with E-state index in [0.717, 1.165) is 32.8 Å². The summed E-state index contributed by atoms with van der Waals surface area (Å²) >= 11 is 0. The van der Waals surface area contributed by atoms with Gasteiger partial charge in [0.25, 0.3) is 0 Å². The van der Waals surface area contributed by atoms with E-state index in [4.69, 9.17) is 14.9 Å². The number of rotatable bonds is 14. The number of aliphatic hydroxyl groups excluding tert-OH is 2. The van der Waals surface area contributed by atoms with Crippen molar-refractivity contribution in [3.63, 3.8) is 0 Å². The first-order chi connectivity index (χ1) is 9.28. The number of ether oxygens (including phenoxy) is 1. The second-order valence-electron chi connectivity index (χ2n) is 4.74. The predicted molar refractivity (Wildman–Crippen MR) is 78.5 cm³/mol. The van der Waals surface area contributed by atoms with E-state index in [0.29, 0.717) is 19.7 Å². The van der Waals surface area contributed by atoms with Crippen LogP contribution in [0.3, 0.4) is 0 Å². The highest BCUT2D eigenvalue weighted by Gasteiger charge is 2.04. The minimum Gasteiger partial charge on any atom is -0.395 e. The van der Waals surface area contributed by atoms with Crippen LogP contribution in [-0.2, 0) is 4.74 Å². The summed E-state index contributed by atoms with van der Waals surface area (Å²) in [6.45, 7) is 11.3. The van der Waals surface area contributed by atoms with E-state index in [2.05, 4.69) is 18.7 Å². The van der Waals surface area contributed by atoms with Gasteiger partial charge in [-0.2, -0.15) is 0 Å². The van der Waals surface area contributed by atoms with Crippen LogP contribution >= 0.6 is 0 Å². The van der Waals surface area contributed by atoms with Crippen LogP contribution in [0.5, 0.6) is 0 Å². The fourth-order valence-corrected chi connectivity index (χ4v) is 2.08. The lowest BCUT2D eigenvalue weighted by molar-refractivity contribution is 0.0722. The van der Waals surface area contributed by atoms with Crippen molar-refractivity contribution in [3.05, 3.63) is 0 Å². The van der Waals surface area contributed by atoms with Crippen molar-refractivity contribution < 1.29 is 14.9 Å². The molecule has 0 aliphatic carbocycles. The maximum Gasteiger partial charge on any atom is 0.0594 e. The Balaban J connectivity index is 3.59.